The number of aromatic nitrogens is 1. The van der Waals surface area contributed by atoms with Crippen LogP contribution in [-0.4, -0.2) is 11.0 Å². The summed E-state index contributed by atoms with van der Waals surface area (Å²) in [5.41, 5.74) is 1.37. The Bertz CT molecular complexity index is 309. The molecule has 1 aliphatic carbocycles. The SMILES string of the molecule is CCC(NC(C)C)c1nc2c(s1)CCC2. The predicted molar refractivity (Wildman–Crippen MR) is 65.4 cm³/mol. The predicted octanol–water partition coefficient (Wildman–Crippen LogP) is 3.08. The van der Waals surface area contributed by atoms with E-state index in [1.807, 2.05) is 11.3 Å². The molecule has 0 radical (unpaired) electrons. The van der Waals surface area contributed by atoms with Crippen LogP contribution in [0.2, 0.25) is 0 Å². The van der Waals surface area contributed by atoms with Crippen molar-refractivity contribution in [2.45, 2.75) is 58.5 Å². The zero-order valence-electron chi connectivity index (χ0n) is 9.84. The Hall–Kier alpha value is -0.410. The molecule has 0 saturated carbocycles. The van der Waals surface area contributed by atoms with Crippen LogP contribution in [-0.2, 0) is 12.8 Å². The van der Waals surface area contributed by atoms with E-state index >= 15 is 0 Å². The summed E-state index contributed by atoms with van der Waals surface area (Å²) < 4.78 is 0. The number of rotatable bonds is 4. The molecule has 1 unspecified atom stereocenters. The summed E-state index contributed by atoms with van der Waals surface area (Å²) in [5.74, 6) is 0. The highest BCUT2D eigenvalue weighted by Gasteiger charge is 2.21. The Morgan fingerprint density at radius 2 is 2.20 bits per heavy atom. The van der Waals surface area contributed by atoms with E-state index < -0.39 is 0 Å². The van der Waals surface area contributed by atoms with E-state index in [-0.39, 0.29) is 0 Å². The molecule has 1 heterocycles. The van der Waals surface area contributed by atoms with Crippen molar-refractivity contribution in [3.63, 3.8) is 0 Å². The first-order valence-electron chi connectivity index (χ1n) is 5.95. The van der Waals surface area contributed by atoms with Crippen LogP contribution in [0, 0.1) is 0 Å². The molecule has 1 aliphatic rings. The first-order chi connectivity index (χ1) is 7.20. The quantitative estimate of drug-likeness (QED) is 0.850. The Balaban J connectivity index is 2.12. The van der Waals surface area contributed by atoms with E-state index in [0.717, 1.165) is 6.42 Å². The topological polar surface area (TPSA) is 24.9 Å². The number of aryl methyl sites for hydroxylation is 2. The van der Waals surface area contributed by atoms with Crippen LogP contribution >= 0.6 is 11.3 Å². The Labute approximate surface area is 96.1 Å². The van der Waals surface area contributed by atoms with Crippen molar-refractivity contribution in [2.24, 2.45) is 0 Å². The minimum atomic E-state index is 0.459. The van der Waals surface area contributed by atoms with Crippen LogP contribution in [0.1, 0.15) is 55.2 Å². The zero-order chi connectivity index (χ0) is 10.8. The second kappa shape index (κ2) is 4.62. The van der Waals surface area contributed by atoms with Gasteiger partial charge in [0.1, 0.15) is 5.01 Å². The summed E-state index contributed by atoms with van der Waals surface area (Å²) in [7, 11) is 0. The first-order valence-corrected chi connectivity index (χ1v) is 6.77. The third kappa shape index (κ3) is 2.40. The van der Waals surface area contributed by atoms with Crippen LogP contribution in [0.15, 0.2) is 0 Å². The summed E-state index contributed by atoms with van der Waals surface area (Å²) in [4.78, 5) is 6.31. The largest absolute Gasteiger partial charge is 0.306 e. The van der Waals surface area contributed by atoms with Crippen molar-refractivity contribution in [2.75, 3.05) is 0 Å². The van der Waals surface area contributed by atoms with Gasteiger partial charge in [-0.1, -0.05) is 20.8 Å². The van der Waals surface area contributed by atoms with Gasteiger partial charge in [0.05, 0.1) is 11.7 Å². The molecule has 1 aromatic heterocycles. The maximum Gasteiger partial charge on any atom is 0.110 e. The van der Waals surface area contributed by atoms with Gasteiger partial charge in [-0.2, -0.15) is 0 Å². The molecule has 0 spiro atoms. The fraction of sp³-hybridized carbons (Fsp3) is 0.750. The fourth-order valence-corrected chi connectivity index (χ4v) is 3.42. The lowest BCUT2D eigenvalue weighted by Gasteiger charge is -2.17. The number of thiazole rings is 1. The molecule has 0 aliphatic heterocycles. The second-order valence-corrected chi connectivity index (χ2v) is 5.67. The normalized spacial score (nSPS) is 17.1. The molecule has 2 rings (SSSR count). The van der Waals surface area contributed by atoms with E-state index in [9.17, 15) is 0 Å². The van der Waals surface area contributed by atoms with Gasteiger partial charge in [-0.3, -0.25) is 0 Å². The van der Waals surface area contributed by atoms with Gasteiger partial charge < -0.3 is 5.32 Å². The Morgan fingerprint density at radius 1 is 1.40 bits per heavy atom. The summed E-state index contributed by atoms with van der Waals surface area (Å²) in [6.07, 6.45) is 4.89. The molecular formula is C12H20N2S. The zero-order valence-corrected chi connectivity index (χ0v) is 10.7. The fourth-order valence-electron chi connectivity index (χ4n) is 2.13. The third-order valence-electron chi connectivity index (χ3n) is 2.85. The number of hydrogen-bond acceptors (Lipinski definition) is 3. The van der Waals surface area contributed by atoms with Crippen LogP contribution < -0.4 is 5.32 Å². The molecule has 0 fully saturated rings. The van der Waals surface area contributed by atoms with Gasteiger partial charge in [-0.15, -0.1) is 11.3 Å². The van der Waals surface area contributed by atoms with Crippen molar-refractivity contribution >= 4 is 11.3 Å². The number of nitrogens with zero attached hydrogens (tertiary/aromatic N) is 1. The van der Waals surface area contributed by atoms with Crippen molar-refractivity contribution < 1.29 is 0 Å². The third-order valence-corrected chi connectivity index (χ3v) is 4.12. The molecule has 1 aromatic rings. The standard InChI is InChI=1S/C12H20N2S/c1-4-9(13-8(2)3)12-14-10-6-5-7-11(10)15-12/h8-9,13H,4-7H2,1-3H3. The molecular weight excluding hydrogens is 204 g/mol. The van der Waals surface area contributed by atoms with Crippen molar-refractivity contribution in [1.82, 2.24) is 10.3 Å². The summed E-state index contributed by atoms with van der Waals surface area (Å²) in [5, 5.41) is 4.88. The Morgan fingerprint density at radius 3 is 2.80 bits per heavy atom. The molecule has 0 aromatic carbocycles. The first kappa shape index (κ1) is 11.1. The molecule has 15 heavy (non-hydrogen) atoms. The van der Waals surface area contributed by atoms with Gasteiger partial charge in [0.15, 0.2) is 0 Å². The second-order valence-electron chi connectivity index (χ2n) is 4.56. The van der Waals surface area contributed by atoms with E-state index in [1.165, 1.54) is 34.8 Å². The summed E-state index contributed by atoms with van der Waals surface area (Å²) in [6.45, 7) is 6.63. The highest BCUT2D eigenvalue weighted by atomic mass is 32.1. The lowest BCUT2D eigenvalue weighted by atomic mass is 10.2. The number of nitrogens with one attached hydrogen (secondary N) is 1. The van der Waals surface area contributed by atoms with Crippen LogP contribution in [0.5, 0.6) is 0 Å². The maximum atomic E-state index is 4.77. The minimum absolute atomic E-state index is 0.459. The smallest absolute Gasteiger partial charge is 0.110 e. The molecule has 2 nitrogen and oxygen atoms in total. The van der Waals surface area contributed by atoms with Gasteiger partial charge >= 0.3 is 0 Å². The summed E-state index contributed by atoms with van der Waals surface area (Å²) >= 11 is 1.92. The van der Waals surface area contributed by atoms with Crippen molar-refractivity contribution in [3.8, 4) is 0 Å². The van der Waals surface area contributed by atoms with Crippen molar-refractivity contribution in [3.05, 3.63) is 15.6 Å². The lowest BCUT2D eigenvalue weighted by Crippen LogP contribution is -2.27. The van der Waals surface area contributed by atoms with E-state index in [4.69, 9.17) is 4.98 Å². The van der Waals surface area contributed by atoms with Crippen LogP contribution in [0.4, 0.5) is 0 Å². The van der Waals surface area contributed by atoms with Gasteiger partial charge in [0, 0.05) is 10.9 Å². The average Bonchev–Trinajstić information content (AvgIpc) is 2.72. The maximum absolute atomic E-state index is 4.77. The Kier molecular flexibility index (Phi) is 3.42. The summed E-state index contributed by atoms with van der Waals surface area (Å²) in [6, 6.07) is 0.995. The molecule has 0 saturated heterocycles. The molecule has 0 bridgehead atoms. The van der Waals surface area contributed by atoms with Crippen molar-refractivity contribution in [1.29, 1.82) is 0 Å². The number of fused-ring (bicyclic) bond motifs is 1. The lowest BCUT2D eigenvalue weighted by molar-refractivity contribution is 0.464. The molecule has 3 heteroatoms. The minimum Gasteiger partial charge on any atom is -0.306 e. The molecule has 1 N–H and O–H groups in total. The van der Waals surface area contributed by atoms with Gasteiger partial charge in [0.2, 0.25) is 0 Å². The highest BCUT2D eigenvalue weighted by molar-refractivity contribution is 7.11. The molecule has 1 atom stereocenters. The van der Waals surface area contributed by atoms with E-state index in [0.29, 0.717) is 12.1 Å². The monoisotopic (exact) mass is 224 g/mol. The average molecular weight is 224 g/mol. The van der Waals surface area contributed by atoms with Gasteiger partial charge in [-0.05, 0) is 25.7 Å². The van der Waals surface area contributed by atoms with Gasteiger partial charge in [0.25, 0.3) is 0 Å². The van der Waals surface area contributed by atoms with Crippen LogP contribution in [0.25, 0.3) is 0 Å². The van der Waals surface area contributed by atoms with E-state index in [2.05, 4.69) is 26.1 Å². The molecule has 84 valence electrons. The highest BCUT2D eigenvalue weighted by Crippen LogP contribution is 2.31. The van der Waals surface area contributed by atoms with E-state index in [1.54, 1.807) is 0 Å². The number of hydrogen-bond donors (Lipinski definition) is 1. The van der Waals surface area contributed by atoms with Gasteiger partial charge in [-0.25, -0.2) is 4.98 Å². The molecule has 0 amide bonds. The van der Waals surface area contributed by atoms with Crippen LogP contribution in [0.3, 0.4) is 0 Å².